The van der Waals surface area contributed by atoms with E-state index < -0.39 is 5.97 Å². The van der Waals surface area contributed by atoms with E-state index in [1.165, 1.54) is 7.11 Å². The Bertz CT molecular complexity index is 956. The van der Waals surface area contributed by atoms with Gasteiger partial charge < -0.3 is 14.2 Å². The van der Waals surface area contributed by atoms with Crippen LogP contribution >= 0.6 is 11.6 Å². The van der Waals surface area contributed by atoms with E-state index in [1.807, 2.05) is 36.4 Å². The van der Waals surface area contributed by atoms with Crippen molar-refractivity contribution in [3.63, 3.8) is 0 Å². The molecule has 28 heavy (non-hydrogen) atoms. The number of ether oxygens (including phenoxy) is 3. The number of esters is 1. The van der Waals surface area contributed by atoms with Crippen LogP contribution in [-0.4, -0.2) is 24.7 Å². The van der Waals surface area contributed by atoms with E-state index >= 15 is 0 Å². The molecule has 2 aromatic carbocycles. The Kier molecular flexibility index (Phi) is 6.65. The van der Waals surface area contributed by atoms with Gasteiger partial charge in [-0.15, -0.1) is 0 Å². The number of rotatable bonds is 7. The van der Waals surface area contributed by atoms with Crippen molar-refractivity contribution >= 4 is 29.7 Å². The SMILES string of the molecule is COc1cc(/C=C/c2ccccn2)ccc1OC(=O)COc1ccc(Cl)cc1. The number of hydrogen-bond donors (Lipinski definition) is 0. The summed E-state index contributed by atoms with van der Waals surface area (Å²) in [4.78, 5) is 16.3. The molecule has 0 saturated heterocycles. The number of aromatic nitrogens is 1. The molecular formula is C22H18ClNO4. The van der Waals surface area contributed by atoms with Crippen molar-refractivity contribution in [1.82, 2.24) is 4.98 Å². The van der Waals surface area contributed by atoms with Gasteiger partial charge in [0.2, 0.25) is 0 Å². The third kappa shape index (κ3) is 5.59. The van der Waals surface area contributed by atoms with Crippen molar-refractivity contribution in [2.24, 2.45) is 0 Å². The van der Waals surface area contributed by atoms with Crippen molar-refractivity contribution in [2.75, 3.05) is 13.7 Å². The Morgan fingerprint density at radius 2 is 1.86 bits per heavy atom. The predicted octanol–water partition coefficient (Wildman–Crippen LogP) is 4.90. The average molecular weight is 396 g/mol. The third-order valence-electron chi connectivity index (χ3n) is 3.72. The lowest BCUT2D eigenvalue weighted by molar-refractivity contribution is -0.136. The average Bonchev–Trinajstić information content (AvgIpc) is 2.73. The first kappa shape index (κ1) is 19.5. The summed E-state index contributed by atoms with van der Waals surface area (Å²) < 4.78 is 16.1. The number of methoxy groups -OCH3 is 1. The van der Waals surface area contributed by atoms with Crippen LogP contribution in [0.5, 0.6) is 17.2 Å². The molecule has 0 fully saturated rings. The van der Waals surface area contributed by atoms with Gasteiger partial charge in [0.1, 0.15) is 5.75 Å². The van der Waals surface area contributed by atoms with Gasteiger partial charge in [-0.25, -0.2) is 4.79 Å². The van der Waals surface area contributed by atoms with Gasteiger partial charge in [-0.3, -0.25) is 4.98 Å². The van der Waals surface area contributed by atoms with Gasteiger partial charge in [0, 0.05) is 11.2 Å². The fraction of sp³-hybridized carbons (Fsp3) is 0.0909. The van der Waals surface area contributed by atoms with Crippen LogP contribution in [0.25, 0.3) is 12.2 Å². The molecule has 3 rings (SSSR count). The van der Waals surface area contributed by atoms with Gasteiger partial charge in [0.25, 0.3) is 0 Å². The maximum absolute atomic E-state index is 12.1. The van der Waals surface area contributed by atoms with Crippen molar-refractivity contribution in [2.45, 2.75) is 0 Å². The summed E-state index contributed by atoms with van der Waals surface area (Å²) in [6, 6.07) is 17.7. The number of pyridine rings is 1. The van der Waals surface area contributed by atoms with Gasteiger partial charge in [-0.05, 0) is 60.2 Å². The predicted molar refractivity (Wildman–Crippen MR) is 109 cm³/mol. The van der Waals surface area contributed by atoms with Gasteiger partial charge >= 0.3 is 5.97 Å². The zero-order chi connectivity index (χ0) is 19.8. The third-order valence-corrected chi connectivity index (χ3v) is 3.97. The molecule has 1 aromatic heterocycles. The molecule has 142 valence electrons. The van der Waals surface area contributed by atoms with Gasteiger partial charge in [0.15, 0.2) is 18.1 Å². The molecule has 0 radical (unpaired) electrons. The molecule has 0 bridgehead atoms. The topological polar surface area (TPSA) is 57.7 Å². The quantitative estimate of drug-likeness (QED) is 0.420. The summed E-state index contributed by atoms with van der Waals surface area (Å²) in [5.41, 5.74) is 1.73. The van der Waals surface area contributed by atoms with E-state index in [4.69, 9.17) is 25.8 Å². The Labute approximate surface area is 168 Å². The van der Waals surface area contributed by atoms with Crippen molar-refractivity contribution in [3.05, 3.63) is 83.1 Å². The zero-order valence-corrected chi connectivity index (χ0v) is 15.9. The molecule has 0 saturated carbocycles. The van der Waals surface area contributed by atoms with Gasteiger partial charge in [-0.1, -0.05) is 29.8 Å². The molecule has 0 aliphatic rings. The lowest BCUT2D eigenvalue weighted by Crippen LogP contribution is -2.18. The van der Waals surface area contributed by atoms with Gasteiger partial charge in [-0.2, -0.15) is 0 Å². The highest BCUT2D eigenvalue weighted by Gasteiger charge is 2.11. The molecule has 0 aliphatic heterocycles. The number of hydrogen-bond acceptors (Lipinski definition) is 5. The van der Waals surface area contributed by atoms with Crippen molar-refractivity contribution in [1.29, 1.82) is 0 Å². The van der Waals surface area contributed by atoms with E-state index in [9.17, 15) is 4.79 Å². The van der Waals surface area contributed by atoms with E-state index in [2.05, 4.69) is 4.98 Å². The molecule has 0 unspecified atom stereocenters. The van der Waals surface area contributed by atoms with Crippen LogP contribution in [0, 0.1) is 0 Å². The minimum absolute atomic E-state index is 0.230. The van der Waals surface area contributed by atoms with Crippen LogP contribution in [0.15, 0.2) is 66.9 Å². The molecule has 0 atom stereocenters. The smallest absolute Gasteiger partial charge is 0.349 e. The first-order valence-corrected chi connectivity index (χ1v) is 8.88. The normalized spacial score (nSPS) is 10.6. The van der Waals surface area contributed by atoms with Crippen LogP contribution in [0.2, 0.25) is 5.02 Å². The van der Waals surface area contributed by atoms with E-state index in [0.29, 0.717) is 22.3 Å². The number of nitrogens with zero attached hydrogens (tertiary/aromatic N) is 1. The monoisotopic (exact) mass is 395 g/mol. The van der Waals surface area contributed by atoms with Crippen LogP contribution in [0.3, 0.4) is 0 Å². The largest absolute Gasteiger partial charge is 0.493 e. The van der Waals surface area contributed by atoms with E-state index in [1.54, 1.807) is 42.6 Å². The fourth-order valence-electron chi connectivity index (χ4n) is 2.35. The Morgan fingerprint density at radius 3 is 2.57 bits per heavy atom. The first-order valence-electron chi connectivity index (χ1n) is 8.50. The fourth-order valence-corrected chi connectivity index (χ4v) is 2.48. The molecule has 5 nitrogen and oxygen atoms in total. The van der Waals surface area contributed by atoms with Crippen LogP contribution in [0.1, 0.15) is 11.3 Å². The minimum atomic E-state index is -0.537. The Balaban J connectivity index is 1.62. The molecule has 0 amide bonds. The minimum Gasteiger partial charge on any atom is -0.493 e. The zero-order valence-electron chi connectivity index (χ0n) is 15.2. The number of carbonyl (C=O) groups is 1. The summed E-state index contributed by atoms with van der Waals surface area (Å²) in [6.45, 7) is -0.230. The number of carbonyl (C=O) groups excluding carboxylic acids is 1. The molecule has 6 heteroatoms. The molecule has 0 aliphatic carbocycles. The summed E-state index contributed by atoms with van der Waals surface area (Å²) in [7, 11) is 1.52. The molecule has 1 heterocycles. The highest BCUT2D eigenvalue weighted by Crippen LogP contribution is 2.29. The Morgan fingerprint density at radius 1 is 1.04 bits per heavy atom. The van der Waals surface area contributed by atoms with E-state index in [-0.39, 0.29) is 6.61 Å². The first-order chi connectivity index (χ1) is 13.6. The van der Waals surface area contributed by atoms with Crippen LogP contribution in [-0.2, 0) is 4.79 Å². The number of benzene rings is 2. The second-order valence-electron chi connectivity index (χ2n) is 5.71. The lowest BCUT2D eigenvalue weighted by Gasteiger charge is -2.11. The highest BCUT2D eigenvalue weighted by molar-refractivity contribution is 6.30. The maximum atomic E-state index is 12.1. The van der Waals surface area contributed by atoms with E-state index in [0.717, 1.165) is 11.3 Å². The molecule has 0 N–H and O–H groups in total. The highest BCUT2D eigenvalue weighted by atomic mass is 35.5. The second-order valence-corrected chi connectivity index (χ2v) is 6.15. The van der Waals surface area contributed by atoms with Crippen LogP contribution < -0.4 is 14.2 Å². The maximum Gasteiger partial charge on any atom is 0.349 e. The summed E-state index contributed by atoms with van der Waals surface area (Å²) in [6.07, 6.45) is 5.52. The summed E-state index contributed by atoms with van der Waals surface area (Å²) in [5, 5.41) is 0.594. The molecular weight excluding hydrogens is 378 g/mol. The molecule has 3 aromatic rings. The van der Waals surface area contributed by atoms with Crippen LogP contribution in [0.4, 0.5) is 0 Å². The standard InChI is InChI=1S/C22H18ClNO4/c1-26-21-14-16(5-9-18-4-2-3-13-24-18)6-12-20(21)28-22(25)15-27-19-10-7-17(23)8-11-19/h2-14H,15H2,1H3/b9-5+. The Hall–Kier alpha value is -3.31. The number of halogens is 1. The lowest BCUT2D eigenvalue weighted by atomic mass is 10.1. The second kappa shape index (κ2) is 9.58. The van der Waals surface area contributed by atoms with Crippen molar-refractivity contribution in [3.8, 4) is 17.2 Å². The van der Waals surface area contributed by atoms with Crippen molar-refractivity contribution < 1.29 is 19.0 Å². The van der Waals surface area contributed by atoms with Gasteiger partial charge in [0.05, 0.1) is 12.8 Å². The summed E-state index contributed by atoms with van der Waals surface area (Å²) >= 11 is 5.82. The molecule has 0 spiro atoms. The summed E-state index contributed by atoms with van der Waals surface area (Å²) in [5.74, 6) is 0.763.